The zero-order chi connectivity index (χ0) is 9.26. The molecule has 0 bridgehead atoms. The number of thiazole rings is 1. The quantitative estimate of drug-likeness (QED) is 0.879. The number of hydrogen-bond donors (Lipinski definition) is 1. The molecule has 72 valence electrons. The smallest absolute Gasteiger partial charge is 0.186 e. The number of nitrogens with zero attached hydrogens (tertiary/aromatic N) is 2. The summed E-state index contributed by atoms with van der Waals surface area (Å²) >= 11 is 5.07. The topological polar surface area (TPSA) is 28.2 Å². The minimum Gasteiger partial charge on any atom is -0.346 e. The van der Waals surface area contributed by atoms with E-state index >= 15 is 0 Å². The predicted octanol–water partition coefficient (Wildman–Crippen LogP) is 1.70. The van der Waals surface area contributed by atoms with Crippen LogP contribution in [0.25, 0.3) is 0 Å². The highest BCUT2D eigenvalue weighted by Gasteiger charge is 2.22. The number of likely N-dealkylation sites (N-methyl/N-ethyl adjacent to an activating group) is 1. The summed E-state index contributed by atoms with van der Waals surface area (Å²) in [4.78, 5) is 6.72. The molecule has 1 aliphatic rings. The Morgan fingerprint density at radius 1 is 1.77 bits per heavy atom. The summed E-state index contributed by atoms with van der Waals surface area (Å²) in [6.07, 6.45) is 1.22. The molecule has 1 unspecified atom stereocenters. The lowest BCUT2D eigenvalue weighted by molar-refractivity contribution is 0.617. The van der Waals surface area contributed by atoms with Gasteiger partial charge in [-0.05, 0) is 29.4 Å². The van der Waals surface area contributed by atoms with E-state index < -0.39 is 0 Å². The normalized spacial score (nSPS) is 22.6. The molecular weight excluding hydrogens is 250 g/mol. The molecule has 0 spiro atoms. The molecule has 0 aliphatic carbocycles. The Hall–Kier alpha value is -0.130. The number of nitrogens with one attached hydrogen (secondary N) is 1. The summed E-state index contributed by atoms with van der Waals surface area (Å²) in [5, 5.41) is 6.45. The van der Waals surface area contributed by atoms with E-state index in [9.17, 15) is 0 Å². The first-order valence-corrected chi connectivity index (χ1v) is 6.00. The zero-order valence-electron chi connectivity index (χ0n) is 7.46. The highest BCUT2D eigenvalue weighted by Crippen LogP contribution is 2.26. The van der Waals surface area contributed by atoms with Crippen LogP contribution in [0.1, 0.15) is 6.42 Å². The highest BCUT2D eigenvalue weighted by molar-refractivity contribution is 9.10. The van der Waals surface area contributed by atoms with Crippen LogP contribution in [0.4, 0.5) is 5.13 Å². The van der Waals surface area contributed by atoms with E-state index in [-0.39, 0.29) is 0 Å². The van der Waals surface area contributed by atoms with E-state index in [1.54, 1.807) is 11.3 Å². The third-order valence-corrected chi connectivity index (χ3v) is 3.94. The second-order valence-corrected chi connectivity index (χ2v) is 4.82. The van der Waals surface area contributed by atoms with E-state index in [0.717, 1.165) is 22.8 Å². The minimum atomic E-state index is 0.627. The average molecular weight is 262 g/mol. The summed E-state index contributed by atoms with van der Waals surface area (Å²) in [6.45, 7) is 2.20. The standard InChI is InChI=1S/C8H12BrN3S/c1-10-6-2-3-12(4-6)8-11-7(9)5-13-8/h5-6,10H,2-4H2,1H3. The fourth-order valence-electron chi connectivity index (χ4n) is 1.56. The van der Waals surface area contributed by atoms with Gasteiger partial charge in [0.2, 0.25) is 0 Å². The van der Waals surface area contributed by atoms with Gasteiger partial charge in [-0.15, -0.1) is 11.3 Å². The van der Waals surface area contributed by atoms with Gasteiger partial charge in [-0.3, -0.25) is 0 Å². The van der Waals surface area contributed by atoms with Crippen molar-refractivity contribution >= 4 is 32.4 Å². The molecule has 13 heavy (non-hydrogen) atoms. The van der Waals surface area contributed by atoms with Gasteiger partial charge in [-0.1, -0.05) is 0 Å². The zero-order valence-corrected chi connectivity index (χ0v) is 9.86. The molecule has 0 amide bonds. The van der Waals surface area contributed by atoms with E-state index in [1.807, 2.05) is 12.4 Å². The molecule has 5 heteroatoms. The Labute approximate surface area is 90.3 Å². The van der Waals surface area contributed by atoms with E-state index in [2.05, 4.69) is 31.1 Å². The lowest BCUT2D eigenvalue weighted by Crippen LogP contribution is -2.29. The highest BCUT2D eigenvalue weighted by atomic mass is 79.9. The lowest BCUT2D eigenvalue weighted by Gasteiger charge is -2.14. The fraction of sp³-hybridized carbons (Fsp3) is 0.625. The molecule has 1 aliphatic heterocycles. The fourth-order valence-corrected chi connectivity index (χ4v) is 2.85. The van der Waals surface area contributed by atoms with Crippen molar-refractivity contribution in [2.45, 2.75) is 12.5 Å². The van der Waals surface area contributed by atoms with Crippen LogP contribution in [0.2, 0.25) is 0 Å². The number of aromatic nitrogens is 1. The Morgan fingerprint density at radius 3 is 3.15 bits per heavy atom. The first-order valence-electron chi connectivity index (χ1n) is 4.33. The van der Waals surface area contributed by atoms with Gasteiger partial charge in [-0.2, -0.15) is 0 Å². The second-order valence-electron chi connectivity index (χ2n) is 3.17. The van der Waals surface area contributed by atoms with Crippen molar-refractivity contribution in [3.05, 3.63) is 9.98 Å². The predicted molar refractivity (Wildman–Crippen MR) is 59.5 cm³/mol. The minimum absolute atomic E-state index is 0.627. The molecule has 1 N–H and O–H groups in total. The Morgan fingerprint density at radius 2 is 2.62 bits per heavy atom. The molecule has 2 heterocycles. The van der Waals surface area contributed by atoms with Crippen molar-refractivity contribution in [2.24, 2.45) is 0 Å². The van der Waals surface area contributed by atoms with Crippen molar-refractivity contribution < 1.29 is 0 Å². The lowest BCUT2D eigenvalue weighted by atomic mass is 10.3. The van der Waals surface area contributed by atoms with Crippen LogP contribution < -0.4 is 10.2 Å². The molecule has 0 radical (unpaired) electrons. The molecule has 1 aromatic heterocycles. The van der Waals surface area contributed by atoms with Crippen molar-refractivity contribution in [1.29, 1.82) is 0 Å². The summed E-state index contributed by atoms with van der Waals surface area (Å²) in [7, 11) is 2.02. The largest absolute Gasteiger partial charge is 0.346 e. The van der Waals surface area contributed by atoms with Gasteiger partial charge in [0.1, 0.15) is 4.60 Å². The summed E-state index contributed by atoms with van der Waals surface area (Å²) < 4.78 is 0.945. The number of rotatable bonds is 2. The van der Waals surface area contributed by atoms with E-state index in [4.69, 9.17) is 0 Å². The molecular formula is C8H12BrN3S. The van der Waals surface area contributed by atoms with Crippen LogP contribution in [0, 0.1) is 0 Å². The molecule has 3 nitrogen and oxygen atoms in total. The number of hydrogen-bond acceptors (Lipinski definition) is 4. The molecule has 1 aromatic rings. The van der Waals surface area contributed by atoms with Crippen molar-refractivity contribution in [1.82, 2.24) is 10.3 Å². The van der Waals surface area contributed by atoms with Crippen LogP contribution in [-0.2, 0) is 0 Å². The molecule has 1 fully saturated rings. The molecule has 2 rings (SSSR count). The maximum Gasteiger partial charge on any atom is 0.186 e. The molecule has 0 saturated carbocycles. The van der Waals surface area contributed by atoms with E-state index in [0.29, 0.717) is 6.04 Å². The summed E-state index contributed by atoms with van der Waals surface area (Å²) in [5.41, 5.74) is 0. The van der Waals surface area contributed by atoms with Crippen molar-refractivity contribution in [3.63, 3.8) is 0 Å². The van der Waals surface area contributed by atoms with Gasteiger partial charge >= 0.3 is 0 Å². The van der Waals surface area contributed by atoms with Gasteiger partial charge in [0.15, 0.2) is 5.13 Å². The average Bonchev–Trinajstić information content (AvgIpc) is 2.71. The monoisotopic (exact) mass is 261 g/mol. The second kappa shape index (κ2) is 3.94. The molecule has 1 atom stereocenters. The maximum atomic E-state index is 4.39. The Kier molecular flexibility index (Phi) is 2.86. The molecule has 0 aromatic carbocycles. The van der Waals surface area contributed by atoms with Gasteiger partial charge in [0, 0.05) is 24.5 Å². The number of anilines is 1. The third kappa shape index (κ3) is 2.03. The SMILES string of the molecule is CNC1CCN(c2nc(Br)cs2)C1. The van der Waals surface area contributed by atoms with Gasteiger partial charge in [0.25, 0.3) is 0 Å². The van der Waals surface area contributed by atoms with Crippen LogP contribution >= 0.6 is 27.3 Å². The van der Waals surface area contributed by atoms with Crippen LogP contribution in [0.3, 0.4) is 0 Å². The van der Waals surface area contributed by atoms with Crippen LogP contribution in [0.5, 0.6) is 0 Å². The Bertz CT molecular complexity index is 289. The number of halogens is 1. The van der Waals surface area contributed by atoms with Crippen LogP contribution in [0.15, 0.2) is 9.98 Å². The summed E-state index contributed by atoms with van der Waals surface area (Å²) in [6, 6.07) is 0.627. The molecule has 1 saturated heterocycles. The van der Waals surface area contributed by atoms with Gasteiger partial charge in [0.05, 0.1) is 0 Å². The van der Waals surface area contributed by atoms with E-state index in [1.165, 1.54) is 6.42 Å². The third-order valence-electron chi connectivity index (χ3n) is 2.33. The Balaban J connectivity index is 2.03. The first kappa shape index (κ1) is 9.43. The maximum absolute atomic E-state index is 4.39. The van der Waals surface area contributed by atoms with Crippen LogP contribution in [-0.4, -0.2) is 31.2 Å². The van der Waals surface area contributed by atoms with Gasteiger partial charge in [-0.25, -0.2) is 4.98 Å². The first-order chi connectivity index (χ1) is 6.29. The summed E-state index contributed by atoms with van der Waals surface area (Å²) in [5.74, 6) is 0. The van der Waals surface area contributed by atoms with Gasteiger partial charge < -0.3 is 10.2 Å². The van der Waals surface area contributed by atoms with Crippen molar-refractivity contribution in [2.75, 3.05) is 25.0 Å². The van der Waals surface area contributed by atoms with Crippen molar-refractivity contribution in [3.8, 4) is 0 Å².